The number of carbonyl (C=O) groups excluding carboxylic acids is 2. The molecular weight excluding hydrogens is 368 g/mol. The Morgan fingerprint density at radius 3 is 2.52 bits per heavy atom. The van der Waals surface area contributed by atoms with E-state index in [1.165, 1.54) is 0 Å². The van der Waals surface area contributed by atoms with E-state index in [2.05, 4.69) is 22.1 Å². The van der Waals surface area contributed by atoms with E-state index in [1.807, 2.05) is 24.3 Å². The van der Waals surface area contributed by atoms with Crippen LogP contribution in [0, 0.1) is 11.8 Å². The van der Waals surface area contributed by atoms with Gasteiger partial charge in [-0.25, -0.2) is 0 Å². The van der Waals surface area contributed by atoms with Crippen molar-refractivity contribution in [2.45, 2.75) is 31.9 Å². The van der Waals surface area contributed by atoms with Crippen LogP contribution in [0.15, 0.2) is 54.7 Å². The molecule has 3 rings (SSSR count). The topological polar surface area (TPSA) is 105 Å². The number of amides is 1. The lowest BCUT2D eigenvalue weighted by Crippen LogP contribution is -2.49. The van der Waals surface area contributed by atoms with E-state index in [0.717, 1.165) is 16.5 Å². The Morgan fingerprint density at radius 1 is 1.17 bits per heavy atom. The van der Waals surface area contributed by atoms with Crippen LogP contribution in [0.3, 0.4) is 0 Å². The summed E-state index contributed by atoms with van der Waals surface area (Å²) in [7, 11) is 0. The molecule has 0 spiro atoms. The third-order valence-corrected chi connectivity index (χ3v) is 4.35. The minimum absolute atomic E-state index is 0.104. The predicted octanol–water partition coefficient (Wildman–Crippen LogP) is 1.38. The molecule has 1 aromatic heterocycles. The first-order chi connectivity index (χ1) is 13.7. The molecule has 0 saturated heterocycles. The summed E-state index contributed by atoms with van der Waals surface area (Å²) in [5.74, 6) is 3.64. The summed E-state index contributed by atoms with van der Waals surface area (Å²) in [6.07, 6.45) is 1.84. The molecule has 0 aliphatic carbocycles. The van der Waals surface area contributed by atoms with Crippen molar-refractivity contribution in [3.8, 4) is 11.8 Å². The van der Waals surface area contributed by atoms with Gasteiger partial charge in [-0.15, -0.1) is 0 Å². The van der Waals surface area contributed by atoms with Crippen molar-refractivity contribution in [3.63, 3.8) is 0 Å². The fourth-order valence-electron chi connectivity index (χ4n) is 2.89. The Balaban J connectivity index is 1.72. The fourth-order valence-corrected chi connectivity index (χ4v) is 2.89. The summed E-state index contributed by atoms with van der Waals surface area (Å²) in [4.78, 5) is 27.2. The highest BCUT2D eigenvalue weighted by Gasteiger charge is 2.17. The lowest BCUT2D eigenvalue weighted by Gasteiger charge is -2.19. The number of aliphatic carboxylic acids is 1. The van der Waals surface area contributed by atoms with Crippen LogP contribution >= 0.6 is 0 Å². The number of aliphatic hydroxyl groups is 1. The van der Waals surface area contributed by atoms with Gasteiger partial charge < -0.3 is 25.3 Å². The number of carboxylic acids is 1. The van der Waals surface area contributed by atoms with Crippen molar-refractivity contribution in [1.82, 2.24) is 10.3 Å². The molecule has 1 atom stereocenters. The van der Waals surface area contributed by atoms with Crippen molar-refractivity contribution >= 4 is 22.8 Å². The van der Waals surface area contributed by atoms with Crippen LogP contribution in [0.5, 0.6) is 0 Å². The van der Waals surface area contributed by atoms with Crippen LogP contribution in [0.2, 0.25) is 0 Å². The maximum absolute atomic E-state index is 12.5. The molecule has 6 heteroatoms. The summed E-state index contributed by atoms with van der Waals surface area (Å²) >= 11 is 0. The minimum Gasteiger partial charge on any atom is -0.548 e. The van der Waals surface area contributed by atoms with Gasteiger partial charge in [-0.2, -0.15) is 0 Å². The lowest BCUT2D eigenvalue weighted by atomic mass is 10.0. The normalized spacial score (nSPS) is 12.1. The average Bonchev–Trinajstić information content (AvgIpc) is 3.08. The third-order valence-electron chi connectivity index (χ3n) is 4.35. The van der Waals surface area contributed by atoms with Crippen molar-refractivity contribution in [2.24, 2.45) is 0 Å². The predicted molar refractivity (Wildman–Crippen MR) is 108 cm³/mol. The Labute approximate surface area is 168 Å². The number of para-hydroxylation sites is 1. The molecule has 6 nitrogen and oxygen atoms in total. The van der Waals surface area contributed by atoms with Gasteiger partial charge in [0.05, 0.1) is 12.0 Å². The number of carboxylic acid groups (broad SMARTS) is 1. The molecule has 1 amide bonds. The molecule has 3 N–H and O–H groups in total. The van der Waals surface area contributed by atoms with Gasteiger partial charge in [-0.05, 0) is 49.7 Å². The number of carbonyl (C=O) groups is 2. The van der Waals surface area contributed by atoms with Crippen LogP contribution < -0.4 is 10.4 Å². The highest BCUT2D eigenvalue weighted by atomic mass is 16.4. The van der Waals surface area contributed by atoms with Crippen molar-refractivity contribution in [2.75, 3.05) is 0 Å². The Bertz CT molecular complexity index is 1100. The van der Waals surface area contributed by atoms with Crippen LogP contribution in [0.4, 0.5) is 0 Å². The molecule has 1 heterocycles. The first-order valence-electron chi connectivity index (χ1n) is 9.15. The fraction of sp³-hybridized carbons (Fsp3) is 0.217. The monoisotopic (exact) mass is 389 g/mol. The molecule has 0 unspecified atom stereocenters. The number of benzene rings is 2. The minimum atomic E-state index is -1.35. The summed E-state index contributed by atoms with van der Waals surface area (Å²) in [6.45, 7) is 3.16. The summed E-state index contributed by atoms with van der Waals surface area (Å²) in [5.41, 5.74) is 1.52. The standard InChI is InChI=1S/C23H22N2O4/c1-23(2,29)12-11-15-7-9-16(10-8-15)21(26)25-20(22(27)28)13-17-14-24-19-6-4-3-5-18(17)19/h3-10,14,20,24,29H,13H2,1-2H3,(H,25,26)(H,27,28)/p-1/t20-/m1/s1. The molecule has 0 radical (unpaired) electrons. The van der Waals surface area contributed by atoms with Gasteiger partial charge in [0.25, 0.3) is 5.91 Å². The van der Waals surface area contributed by atoms with E-state index < -0.39 is 23.5 Å². The van der Waals surface area contributed by atoms with Crippen molar-refractivity contribution < 1.29 is 19.8 Å². The van der Waals surface area contributed by atoms with Crippen LogP contribution in [0.25, 0.3) is 10.9 Å². The Morgan fingerprint density at radius 2 is 1.86 bits per heavy atom. The van der Waals surface area contributed by atoms with E-state index in [4.69, 9.17) is 0 Å². The van der Waals surface area contributed by atoms with E-state index in [0.29, 0.717) is 11.1 Å². The number of fused-ring (bicyclic) bond motifs is 1. The molecule has 29 heavy (non-hydrogen) atoms. The van der Waals surface area contributed by atoms with Crippen LogP contribution in [0.1, 0.15) is 35.3 Å². The number of H-pyrrole nitrogens is 1. The zero-order chi connectivity index (χ0) is 21.0. The van der Waals surface area contributed by atoms with Gasteiger partial charge in [0.1, 0.15) is 5.60 Å². The number of hydrogen-bond acceptors (Lipinski definition) is 4. The molecule has 0 fully saturated rings. The Hall–Kier alpha value is -3.56. The van der Waals surface area contributed by atoms with E-state index in [9.17, 15) is 19.8 Å². The first-order valence-corrected chi connectivity index (χ1v) is 9.15. The second-order valence-electron chi connectivity index (χ2n) is 7.30. The smallest absolute Gasteiger partial charge is 0.251 e. The molecule has 3 aromatic rings. The van der Waals surface area contributed by atoms with Crippen LogP contribution in [-0.2, 0) is 11.2 Å². The summed E-state index contributed by atoms with van der Waals surface area (Å²) in [6, 6.07) is 12.8. The van der Waals surface area contributed by atoms with E-state index >= 15 is 0 Å². The highest BCUT2D eigenvalue weighted by Crippen LogP contribution is 2.19. The molecular formula is C23H21N2O4-. The van der Waals surface area contributed by atoms with Gasteiger partial charge in [0.2, 0.25) is 0 Å². The number of aromatic nitrogens is 1. The summed E-state index contributed by atoms with van der Waals surface area (Å²) in [5, 5.41) is 24.7. The quantitative estimate of drug-likeness (QED) is 0.573. The van der Waals surface area contributed by atoms with Gasteiger partial charge >= 0.3 is 0 Å². The van der Waals surface area contributed by atoms with E-state index in [1.54, 1.807) is 44.3 Å². The number of aromatic amines is 1. The SMILES string of the molecule is CC(C)(O)C#Cc1ccc(C(=O)N[C@H](Cc2c[nH]c3ccccc23)C(=O)[O-])cc1. The van der Waals surface area contributed by atoms with Gasteiger partial charge in [0.15, 0.2) is 0 Å². The lowest BCUT2D eigenvalue weighted by molar-refractivity contribution is -0.308. The largest absolute Gasteiger partial charge is 0.548 e. The zero-order valence-electron chi connectivity index (χ0n) is 16.2. The molecule has 0 aliphatic rings. The van der Waals surface area contributed by atoms with Crippen LogP contribution in [-0.4, -0.2) is 33.6 Å². The van der Waals surface area contributed by atoms with Gasteiger partial charge in [-0.3, -0.25) is 4.79 Å². The first kappa shape index (κ1) is 20.2. The molecule has 0 aliphatic heterocycles. The molecule has 2 aromatic carbocycles. The highest BCUT2D eigenvalue weighted by molar-refractivity contribution is 5.96. The number of nitrogens with one attached hydrogen (secondary N) is 2. The maximum Gasteiger partial charge on any atom is 0.251 e. The van der Waals surface area contributed by atoms with Crippen molar-refractivity contribution in [3.05, 3.63) is 71.4 Å². The molecule has 0 bridgehead atoms. The molecule has 148 valence electrons. The Kier molecular flexibility index (Phi) is 5.71. The zero-order valence-corrected chi connectivity index (χ0v) is 16.2. The third kappa shape index (κ3) is 5.24. The summed E-state index contributed by atoms with van der Waals surface area (Å²) < 4.78 is 0. The number of hydrogen-bond donors (Lipinski definition) is 3. The maximum atomic E-state index is 12.5. The average molecular weight is 389 g/mol. The van der Waals surface area contributed by atoms with Crippen molar-refractivity contribution in [1.29, 1.82) is 0 Å². The number of rotatable bonds is 5. The second kappa shape index (κ2) is 8.21. The molecule has 0 saturated carbocycles. The second-order valence-corrected chi connectivity index (χ2v) is 7.30. The van der Waals surface area contributed by atoms with Gasteiger partial charge in [-0.1, -0.05) is 30.0 Å². The van der Waals surface area contributed by atoms with E-state index in [-0.39, 0.29) is 6.42 Å². The van der Waals surface area contributed by atoms with Gasteiger partial charge in [0, 0.05) is 34.6 Å².